The summed E-state index contributed by atoms with van der Waals surface area (Å²) >= 11 is 3.43. The summed E-state index contributed by atoms with van der Waals surface area (Å²) in [4.78, 5) is 29.9. The van der Waals surface area contributed by atoms with Gasteiger partial charge in [-0.2, -0.15) is 0 Å². The first kappa shape index (κ1) is 20.6. The quantitative estimate of drug-likeness (QED) is 0.614. The van der Waals surface area contributed by atoms with E-state index in [2.05, 4.69) is 29.8 Å². The third-order valence-corrected chi connectivity index (χ3v) is 5.46. The lowest BCUT2D eigenvalue weighted by Gasteiger charge is -2.29. The number of aromatic nitrogens is 1. The average molecular weight is 446 g/mol. The number of halogens is 1. The summed E-state index contributed by atoms with van der Waals surface area (Å²) in [7, 11) is 1.99. The molecule has 0 bridgehead atoms. The molecule has 1 aromatic heterocycles. The number of rotatable bonds is 8. The SMILES string of the molecule is CC(C)CN(Cc1cccn1C)C(=O)CN(C(=O)c1cccc(Br)c1)C1CC1. The van der Waals surface area contributed by atoms with E-state index in [0.29, 0.717) is 24.6 Å². The van der Waals surface area contributed by atoms with E-state index in [0.717, 1.165) is 23.0 Å². The first-order valence-corrected chi connectivity index (χ1v) is 10.6. The van der Waals surface area contributed by atoms with Crippen LogP contribution in [0.3, 0.4) is 0 Å². The van der Waals surface area contributed by atoms with Gasteiger partial charge in [0.25, 0.3) is 5.91 Å². The van der Waals surface area contributed by atoms with Gasteiger partial charge < -0.3 is 14.4 Å². The Morgan fingerprint density at radius 1 is 1.21 bits per heavy atom. The molecule has 0 spiro atoms. The van der Waals surface area contributed by atoms with Crippen molar-refractivity contribution in [2.75, 3.05) is 13.1 Å². The molecule has 0 atom stereocenters. The van der Waals surface area contributed by atoms with Crippen LogP contribution < -0.4 is 0 Å². The lowest BCUT2D eigenvalue weighted by molar-refractivity contribution is -0.133. The Balaban J connectivity index is 1.75. The first-order chi connectivity index (χ1) is 13.3. The number of nitrogens with zero attached hydrogens (tertiary/aromatic N) is 3. The molecule has 5 nitrogen and oxygen atoms in total. The van der Waals surface area contributed by atoms with E-state index in [1.807, 2.05) is 59.1 Å². The van der Waals surface area contributed by atoms with Crippen LogP contribution in [0.1, 0.15) is 42.7 Å². The van der Waals surface area contributed by atoms with Crippen LogP contribution >= 0.6 is 15.9 Å². The van der Waals surface area contributed by atoms with Crippen molar-refractivity contribution in [1.29, 1.82) is 0 Å². The average Bonchev–Trinajstić information content (AvgIpc) is 3.41. The van der Waals surface area contributed by atoms with Gasteiger partial charge in [0.05, 0.1) is 6.54 Å². The molecular weight excluding hydrogens is 418 g/mol. The zero-order valence-corrected chi connectivity index (χ0v) is 18.4. The topological polar surface area (TPSA) is 45.6 Å². The predicted molar refractivity (Wildman–Crippen MR) is 114 cm³/mol. The fourth-order valence-electron chi connectivity index (χ4n) is 3.34. The number of amides is 2. The van der Waals surface area contributed by atoms with Crippen molar-refractivity contribution in [1.82, 2.24) is 14.4 Å². The number of carbonyl (C=O) groups excluding carboxylic acids is 2. The van der Waals surface area contributed by atoms with Crippen LogP contribution in [0.4, 0.5) is 0 Å². The number of aryl methyl sites for hydroxylation is 1. The van der Waals surface area contributed by atoms with Crippen molar-refractivity contribution in [3.05, 3.63) is 58.3 Å². The largest absolute Gasteiger partial charge is 0.353 e. The van der Waals surface area contributed by atoms with Crippen LogP contribution in [0.25, 0.3) is 0 Å². The normalized spacial score (nSPS) is 13.6. The molecule has 0 radical (unpaired) electrons. The molecule has 150 valence electrons. The second-order valence-electron chi connectivity index (χ2n) is 7.95. The summed E-state index contributed by atoms with van der Waals surface area (Å²) in [5, 5.41) is 0. The van der Waals surface area contributed by atoms with Crippen molar-refractivity contribution in [3.8, 4) is 0 Å². The van der Waals surface area contributed by atoms with Gasteiger partial charge in [0, 0.05) is 41.6 Å². The van der Waals surface area contributed by atoms with Gasteiger partial charge in [0.2, 0.25) is 5.91 Å². The van der Waals surface area contributed by atoms with Crippen molar-refractivity contribution < 1.29 is 9.59 Å². The Bertz CT molecular complexity index is 842. The highest BCUT2D eigenvalue weighted by molar-refractivity contribution is 9.10. The maximum absolute atomic E-state index is 13.2. The molecule has 0 aliphatic heterocycles. The summed E-state index contributed by atoms with van der Waals surface area (Å²) < 4.78 is 2.90. The van der Waals surface area contributed by atoms with Crippen LogP contribution in [0, 0.1) is 5.92 Å². The molecule has 1 saturated carbocycles. The van der Waals surface area contributed by atoms with Gasteiger partial charge in [-0.3, -0.25) is 9.59 Å². The fraction of sp³-hybridized carbons (Fsp3) is 0.455. The van der Waals surface area contributed by atoms with E-state index in [-0.39, 0.29) is 24.4 Å². The van der Waals surface area contributed by atoms with Gasteiger partial charge in [0.1, 0.15) is 6.54 Å². The Morgan fingerprint density at radius 3 is 2.54 bits per heavy atom. The molecule has 2 aromatic rings. The Kier molecular flexibility index (Phi) is 6.60. The predicted octanol–water partition coefficient (Wildman–Crippen LogP) is 4.08. The first-order valence-electron chi connectivity index (χ1n) is 9.79. The van der Waals surface area contributed by atoms with Gasteiger partial charge in [-0.15, -0.1) is 0 Å². The molecule has 3 rings (SSSR count). The molecule has 1 fully saturated rings. The summed E-state index contributed by atoms with van der Waals surface area (Å²) in [5.41, 5.74) is 1.71. The van der Waals surface area contributed by atoms with Crippen LogP contribution in [-0.4, -0.2) is 45.3 Å². The summed E-state index contributed by atoms with van der Waals surface area (Å²) in [5.74, 6) is 0.296. The summed E-state index contributed by atoms with van der Waals surface area (Å²) in [6.07, 6.45) is 3.92. The van der Waals surface area contributed by atoms with Crippen molar-refractivity contribution in [2.24, 2.45) is 13.0 Å². The zero-order valence-electron chi connectivity index (χ0n) is 16.8. The van der Waals surface area contributed by atoms with Crippen LogP contribution in [-0.2, 0) is 18.4 Å². The molecule has 1 aliphatic rings. The van der Waals surface area contributed by atoms with E-state index >= 15 is 0 Å². The second-order valence-corrected chi connectivity index (χ2v) is 8.87. The highest BCUT2D eigenvalue weighted by atomic mass is 79.9. The highest BCUT2D eigenvalue weighted by Gasteiger charge is 2.35. The molecule has 6 heteroatoms. The lowest BCUT2D eigenvalue weighted by Crippen LogP contribution is -2.45. The van der Waals surface area contributed by atoms with Gasteiger partial charge >= 0.3 is 0 Å². The number of carbonyl (C=O) groups is 2. The molecule has 1 aliphatic carbocycles. The van der Waals surface area contributed by atoms with Crippen LogP contribution in [0.15, 0.2) is 47.1 Å². The molecule has 0 N–H and O–H groups in total. The van der Waals surface area contributed by atoms with Gasteiger partial charge in [-0.05, 0) is 49.1 Å². The molecule has 0 unspecified atom stereocenters. The minimum Gasteiger partial charge on any atom is -0.353 e. The minimum atomic E-state index is -0.0690. The molecule has 1 aromatic carbocycles. The third kappa shape index (κ3) is 5.25. The van der Waals surface area contributed by atoms with Crippen molar-refractivity contribution in [3.63, 3.8) is 0 Å². The number of hydrogen-bond donors (Lipinski definition) is 0. The molecule has 0 saturated heterocycles. The summed E-state index contributed by atoms with van der Waals surface area (Å²) in [6.45, 7) is 5.58. The lowest BCUT2D eigenvalue weighted by atomic mass is 10.1. The smallest absolute Gasteiger partial charge is 0.254 e. The van der Waals surface area contributed by atoms with Crippen molar-refractivity contribution >= 4 is 27.7 Å². The summed E-state index contributed by atoms with van der Waals surface area (Å²) in [6, 6.07) is 11.6. The minimum absolute atomic E-state index is 0.00477. The second kappa shape index (κ2) is 8.95. The number of benzene rings is 1. The van der Waals surface area contributed by atoms with Crippen molar-refractivity contribution in [2.45, 2.75) is 39.3 Å². The Labute approximate surface area is 175 Å². The zero-order chi connectivity index (χ0) is 20.3. The molecule has 2 amide bonds. The maximum Gasteiger partial charge on any atom is 0.254 e. The molecule has 1 heterocycles. The number of hydrogen-bond acceptors (Lipinski definition) is 2. The van der Waals surface area contributed by atoms with Gasteiger partial charge in [0.15, 0.2) is 0 Å². The molecular formula is C22H28BrN3O2. The highest BCUT2D eigenvalue weighted by Crippen LogP contribution is 2.29. The van der Waals surface area contributed by atoms with Gasteiger partial charge in [-0.1, -0.05) is 35.8 Å². The van der Waals surface area contributed by atoms with E-state index in [9.17, 15) is 9.59 Å². The van der Waals surface area contributed by atoms with Gasteiger partial charge in [-0.25, -0.2) is 0 Å². The molecule has 28 heavy (non-hydrogen) atoms. The van der Waals surface area contributed by atoms with E-state index < -0.39 is 0 Å². The van der Waals surface area contributed by atoms with E-state index in [1.165, 1.54) is 0 Å². The van der Waals surface area contributed by atoms with E-state index in [4.69, 9.17) is 0 Å². The standard InChI is InChI=1S/C22H28BrN3O2/c1-16(2)13-25(14-20-8-5-11-24(20)3)21(27)15-26(19-9-10-19)22(28)17-6-4-7-18(23)12-17/h4-8,11-12,16,19H,9-10,13-15H2,1-3H3. The van der Waals surface area contributed by atoms with Crippen LogP contribution in [0.2, 0.25) is 0 Å². The fourth-order valence-corrected chi connectivity index (χ4v) is 3.74. The monoisotopic (exact) mass is 445 g/mol. The third-order valence-electron chi connectivity index (χ3n) is 4.97. The Hall–Kier alpha value is -2.08. The van der Waals surface area contributed by atoms with E-state index in [1.54, 1.807) is 4.90 Å². The van der Waals surface area contributed by atoms with Crippen LogP contribution in [0.5, 0.6) is 0 Å². The maximum atomic E-state index is 13.2. The Morgan fingerprint density at radius 2 is 1.96 bits per heavy atom.